The molecule has 1 atom stereocenters. The SMILES string of the molecule is Cc1cc(C)cc(NC(=O)[C@@H]2CCN(c3ccccc3)C2=O)c1. The molecule has 0 spiro atoms. The number of amides is 2. The third kappa shape index (κ3) is 3.26. The minimum atomic E-state index is -0.615. The Morgan fingerprint density at radius 3 is 2.39 bits per heavy atom. The van der Waals surface area contributed by atoms with Crippen LogP contribution < -0.4 is 10.2 Å². The second-order valence-electron chi connectivity index (χ2n) is 6.03. The third-order valence-corrected chi connectivity index (χ3v) is 4.08. The zero-order chi connectivity index (χ0) is 16.4. The monoisotopic (exact) mass is 308 g/mol. The van der Waals surface area contributed by atoms with Crippen LogP contribution in [0.4, 0.5) is 11.4 Å². The first-order valence-corrected chi connectivity index (χ1v) is 7.80. The average Bonchev–Trinajstić information content (AvgIpc) is 2.89. The van der Waals surface area contributed by atoms with Crippen molar-refractivity contribution in [3.63, 3.8) is 0 Å². The Kier molecular flexibility index (Phi) is 4.15. The zero-order valence-electron chi connectivity index (χ0n) is 13.4. The van der Waals surface area contributed by atoms with E-state index in [1.165, 1.54) is 0 Å². The minimum absolute atomic E-state index is 0.127. The normalized spacial score (nSPS) is 17.4. The molecule has 1 fully saturated rings. The number of benzene rings is 2. The van der Waals surface area contributed by atoms with E-state index in [0.29, 0.717) is 13.0 Å². The summed E-state index contributed by atoms with van der Waals surface area (Å²) in [5, 5.41) is 2.88. The quantitative estimate of drug-likeness (QED) is 0.885. The highest BCUT2D eigenvalue weighted by molar-refractivity contribution is 6.13. The molecule has 3 rings (SSSR count). The number of carbonyl (C=O) groups excluding carboxylic acids is 2. The van der Waals surface area contributed by atoms with E-state index in [2.05, 4.69) is 5.32 Å². The Morgan fingerprint density at radius 1 is 1.09 bits per heavy atom. The van der Waals surface area contributed by atoms with Gasteiger partial charge in [0.15, 0.2) is 0 Å². The molecule has 1 aliphatic heterocycles. The van der Waals surface area contributed by atoms with Gasteiger partial charge in [-0.05, 0) is 55.7 Å². The first-order chi connectivity index (χ1) is 11.0. The van der Waals surface area contributed by atoms with E-state index in [1.54, 1.807) is 4.90 Å². The molecule has 118 valence electrons. The Hall–Kier alpha value is -2.62. The van der Waals surface area contributed by atoms with Crippen LogP contribution >= 0.6 is 0 Å². The molecule has 23 heavy (non-hydrogen) atoms. The van der Waals surface area contributed by atoms with Crippen molar-refractivity contribution >= 4 is 23.2 Å². The van der Waals surface area contributed by atoms with Gasteiger partial charge in [0.2, 0.25) is 11.8 Å². The summed E-state index contributed by atoms with van der Waals surface area (Å²) in [6.07, 6.45) is 0.546. The van der Waals surface area contributed by atoms with Crippen molar-refractivity contribution in [3.05, 3.63) is 59.7 Å². The first kappa shape index (κ1) is 15.3. The Balaban J connectivity index is 1.72. The molecular formula is C19H20N2O2. The van der Waals surface area contributed by atoms with E-state index in [4.69, 9.17) is 0 Å². The lowest BCUT2D eigenvalue weighted by Gasteiger charge is -2.16. The van der Waals surface area contributed by atoms with Crippen LogP contribution in [0.15, 0.2) is 48.5 Å². The van der Waals surface area contributed by atoms with Crippen LogP contribution in [-0.2, 0) is 9.59 Å². The molecule has 4 heteroatoms. The maximum absolute atomic E-state index is 12.5. The summed E-state index contributed by atoms with van der Waals surface area (Å²) >= 11 is 0. The summed E-state index contributed by atoms with van der Waals surface area (Å²) in [4.78, 5) is 26.7. The molecule has 0 aromatic heterocycles. The summed E-state index contributed by atoms with van der Waals surface area (Å²) in [6.45, 7) is 4.55. The summed E-state index contributed by atoms with van der Waals surface area (Å²) in [5.74, 6) is -0.965. The molecular weight excluding hydrogens is 288 g/mol. The van der Waals surface area contributed by atoms with Gasteiger partial charge in [0, 0.05) is 17.9 Å². The highest BCUT2D eigenvalue weighted by Gasteiger charge is 2.37. The van der Waals surface area contributed by atoms with Crippen LogP contribution in [0.25, 0.3) is 0 Å². The fraction of sp³-hybridized carbons (Fsp3) is 0.263. The minimum Gasteiger partial charge on any atom is -0.325 e. The molecule has 0 unspecified atom stereocenters. The van der Waals surface area contributed by atoms with Crippen LogP contribution in [0.1, 0.15) is 17.5 Å². The predicted molar refractivity (Wildman–Crippen MR) is 91.4 cm³/mol. The maximum Gasteiger partial charge on any atom is 0.239 e. The van der Waals surface area contributed by atoms with Crippen molar-refractivity contribution in [2.45, 2.75) is 20.3 Å². The summed E-state index contributed by atoms with van der Waals surface area (Å²) in [7, 11) is 0. The van der Waals surface area contributed by atoms with Crippen LogP contribution in [0.5, 0.6) is 0 Å². The van der Waals surface area contributed by atoms with Crippen LogP contribution in [0.3, 0.4) is 0 Å². The Morgan fingerprint density at radius 2 is 1.74 bits per heavy atom. The molecule has 2 amide bonds. The number of hydrogen-bond donors (Lipinski definition) is 1. The van der Waals surface area contributed by atoms with Gasteiger partial charge in [0.05, 0.1) is 0 Å². The number of anilines is 2. The van der Waals surface area contributed by atoms with Gasteiger partial charge in [-0.1, -0.05) is 24.3 Å². The fourth-order valence-electron chi connectivity index (χ4n) is 3.06. The Bertz CT molecular complexity index is 720. The lowest BCUT2D eigenvalue weighted by molar-refractivity contribution is -0.129. The summed E-state index contributed by atoms with van der Waals surface area (Å²) in [5.41, 5.74) is 3.77. The van der Waals surface area contributed by atoms with E-state index >= 15 is 0 Å². The second kappa shape index (κ2) is 6.24. The van der Waals surface area contributed by atoms with Crippen molar-refractivity contribution in [2.24, 2.45) is 5.92 Å². The van der Waals surface area contributed by atoms with Crippen molar-refractivity contribution in [1.29, 1.82) is 0 Å². The van der Waals surface area contributed by atoms with Crippen LogP contribution in [0.2, 0.25) is 0 Å². The molecule has 0 radical (unpaired) electrons. The van der Waals surface area contributed by atoms with Gasteiger partial charge in [-0.3, -0.25) is 9.59 Å². The molecule has 4 nitrogen and oxygen atoms in total. The molecule has 0 aliphatic carbocycles. The van der Waals surface area contributed by atoms with Crippen molar-refractivity contribution in [3.8, 4) is 0 Å². The number of nitrogens with zero attached hydrogens (tertiary/aromatic N) is 1. The molecule has 1 heterocycles. The van der Waals surface area contributed by atoms with E-state index in [1.807, 2.05) is 62.4 Å². The highest BCUT2D eigenvalue weighted by atomic mass is 16.2. The number of aryl methyl sites for hydroxylation is 2. The van der Waals surface area contributed by atoms with Crippen molar-refractivity contribution < 1.29 is 9.59 Å². The van der Waals surface area contributed by atoms with Gasteiger partial charge < -0.3 is 10.2 Å². The van der Waals surface area contributed by atoms with Gasteiger partial charge in [0.25, 0.3) is 0 Å². The molecule has 2 aromatic rings. The van der Waals surface area contributed by atoms with E-state index in [0.717, 1.165) is 22.5 Å². The van der Waals surface area contributed by atoms with Crippen molar-refractivity contribution in [2.75, 3.05) is 16.8 Å². The van der Waals surface area contributed by atoms with Gasteiger partial charge in [-0.15, -0.1) is 0 Å². The number of rotatable bonds is 3. The van der Waals surface area contributed by atoms with Gasteiger partial charge in [-0.25, -0.2) is 0 Å². The summed E-state index contributed by atoms with van der Waals surface area (Å²) in [6, 6.07) is 15.4. The zero-order valence-corrected chi connectivity index (χ0v) is 13.4. The largest absolute Gasteiger partial charge is 0.325 e. The summed E-state index contributed by atoms with van der Waals surface area (Å²) < 4.78 is 0. The molecule has 0 saturated carbocycles. The lowest BCUT2D eigenvalue weighted by atomic mass is 10.1. The average molecular weight is 308 g/mol. The standard InChI is InChI=1S/C19H20N2O2/c1-13-10-14(2)12-15(11-13)20-18(22)17-8-9-21(19(17)23)16-6-4-3-5-7-16/h3-7,10-12,17H,8-9H2,1-2H3,(H,20,22)/t17-/m0/s1. The second-order valence-corrected chi connectivity index (χ2v) is 6.03. The van der Waals surface area contributed by atoms with Crippen molar-refractivity contribution in [1.82, 2.24) is 0 Å². The molecule has 1 saturated heterocycles. The molecule has 1 N–H and O–H groups in total. The van der Waals surface area contributed by atoms with Crippen LogP contribution in [0, 0.1) is 19.8 Å². The van der Waals surface area contributed by atoms with E-state index < -0.39 is 5.92 Å². The predicted octanol–water partition coefficient (Wildman–Crippen LogP) is 3.30. The van der Waals surface area contributed by atoms with Gasteiger partial charge >= 0.3 is 0 Å². The number of nitrogens with one attached hydrogen (secondary N) is 1. The fourth-order valence-corrected chi connectivity index (χ4v) is 3.06. The van der Waals surface area contributed by atoms with Crippen LogP contribution in [-0.4, -0.2) is 18.4 Å². The first-order valence-electron chi connectivity index (χ1n) is 7.80. The molecule has 0 bridgehead atoms. The highest BCUT2D eigenvalue weighted by Crippen LogP contribution is 2.26. The maximum atomic E-state index is 12.5. The van der Waals surface area contributed by atoms with E-state index in [-0.39, 0.29) is 11.8 Å². The molecule has 2 aromatic carbocycles. The third-order valence-electron chi connectivity index (χ3n) is 4.08. The number of hydrogen-bond acceptors (Lipinski definition) is 2. The lowest BCUT2D eigenvalue weighted by Crippen LogP contribution is -2.33. The van der Waals surface area contributed by atoms with Gasteiger partial charge in [0.1, 0.15) is 5.92 Å². The van der Waals surface area contributed by atoms with Gasteiger partial charge in [-0.2, -0.15) is 0 Å². The molecule has 1 aliphatic rings. The number of para-hydroxylation sites is 1. The smallest absolute Gasteiger partial charge is 0.239 e. The van der Waals surface area contributed by atoms with E-state index in [9.17, 15) is 9.59 Å². The Labute approximate surface area is 136 Å². The topological polar surface area (TPSA) is 49.4 Å². The number of carbonyl (C=O) groups is 2.